The molecule has 0 aromatic carbocycles. The summed E-state index contributed by atoms with van der Waals surface area (Å²) < 4.78 is 0. The van der Waals surface area contributed by atoms with E-state index in [0.717, 1.165) is 6.54 Å². The van der Waals surface area contributed by atoms with Crippen molar-refractivity contribution >= 4 is 0 Å². The molecule has 0 aliphatic carbocycles. The quantitative estimate of drug-likeness (QED) is 0.631. The molecular weight excluding hydrogens is 220 g/mol. The van der Waals surface area contributed by atoms with Crippen molar-refractivity contribution in [2.75, 3.05) is 13.6 Å². The van der Waals surface area contributed by atoms with Crippen LogP contribution in [0.15, 0.2) is 0 Å². The Labute approximate surface area is 115 Å². The molecule has 0 saturated carbocycles. The molecule has 0 spiro atoms. The van der Waals surface area contributed by atoms with Gasteiger partial charge in [0.15, 0.2) is 0 Å². The third kappa shape index (κ3) is 6.75. The fourth-order valence-corrected chi connectivity index (χ4v) is 2.40. The van der Waals surface area contributed by atoms with E-state index in [-0.39, 0.29) is 0 Å². The molecule has 2 nitrogen and oxygen atoms in total. The normalized spacial score (nSPS) is 16.0. The standard InChI is InChI=1S/C16H36N2/c1-7-8-9-10-11-12-15(13-17)18(6)14(2)16(3,4)5/h14-15H,7-13,17H2,1-6H3. The maximum absolute atomic E-state index is 5.95. The van der Waals surface area contributed by atoms with Gasteiger partial charge in [0.2, 0.25) is 0 Å². The Hall–Kier alpha value is -0.0800. The molecule has 18 heavy (non-hydrogen) atoms. The van der Waals surface area contributed by atoms with E-state index in [4.69, 9.17) is 5.73 Å². The summed E-state index contributed by atoms with van der Waals surface area (Å²) in [5, 5.41) is 0. The molecule has 0 aliphatic heterocycles. The van der Waals surface area contributed by atoms with Gasteiger partial charge in [-0.15, -0.1) is 0 Å². The number of nitrogens with two attached hydrogens (primary N) is 1. The van der Waals surface area contributed by atoms with E-state index in [1.807, 2.05) is 0 Å². The van der Waals surface area contributed by atoms with E-state index < -0.39 is 0 Å². The van der Waals surface area contributed by atoms with Crippen LogP contribution in [0.1, 0.15) is 73.1 Å². The largest absolute Gasteiger partial charge is 0.329 e. The van der Waals surface area contributed by atoms with Crippen molar-refractivity contribution in [1.29, 1.82) is 0 Å². The Balaban J connectivity index is 4.07. The highest BCUT2D eigenvalue weighted by molar-refractivity contribution is 4.82. The van der Waals surface area contributed by atoms with Crippen LogP contribution in [-0.2, 0) is 0 Å². The summed E-state index contributed by atoms with van der Waals surface area (Å²) in [6, 6.07) is 1.11. The molecule has 2 N–H and O–H groups in total. The minimum Gasteiger partial charge on any atom is -0.329 e. The monoisotopic (exact) mass is 256 g/mol. The predicted molar refractivity (Wildman–Crippen MR) is 82.9 cm³/mol. The molecule has 0 saturated heterocycles. The van der Waals surface area contributed by atoms with Crippen LogP contribution >= 0.6 is 0 Å². The van der Waals surface area contributed by atoms with Crippen molar-refractivity contribution in [3.63, 3.8) is 0 Å². The summed E-state index contributed by atoms with van der Waals surface area (Å²) in [5.41, 5.74) is 6.28. The van der Waals surface area contributed by atoms with Crippen LogP contribution < -0.4 is 5.73 Å². The number of hydrogen-bond acceptors (Lipinski definition) is 2. The van der Waals surface area contributed by atoms with Crippen molar-refractivity contribution in [2.45, 2.75) is 85.2 Å². The molecule has 0 amide bonds. The van der Waals surface area contributed by atoms with E-state index in [1.165, 1.54) is 38.5 Å². The van der Waals surface area contributed by atoms with E-state index in [2.05, 4.69) is 46.6 Å². The number of nitrogens with zero attached hydrogens (tertiary/aromatic N) is 1. The lowest BCUT2D eigenvalue weighted by molar-refractivity contribution is 0.0946. The fourth-order valence-electron chi connectivity index (χ4n) is 2.40. The van der Waals surface area contributed by atoms with Crippen LogP contribution in [0.5, 0.6) is 0 Å². The van der Waals surface area contributed by atoms with Gasteiger partial charge in [-0.3, -0.25) is 4.90 Å². The van der Waals surface area contributed by atoms with E-state index in [0.29, 0.717) is 17.5 Å². The first-order valence-corrected chi connectivity index (χ1v) is 7.76. The van der Waals surface area contributed by atoms with Crippen molar-refractivity contribution in [2.24, 2.45) is 11.1 Å². The van der Waals surface area contributed by atoms with Gasteiger partial charge < -0.3 is 5.73 Å². The summed E-state index contributed by atoms with van der Waals surface area (Å²) in [6.07, 6.45) is 8.01. The van der Waals surface area contributed by atoms with Crippen LogP contribution in [0.25, 0.3) is 0 Å². The summed E-state index contributed by atoms with van der Waals surface area (Å²) in [4.78, 5) is 2.49. The van der Waals surface area contributed by atoms with E-state index in [9.17, 15) is 0 Å². The van der Waals surface area contributed by atoms with Gasteiger partial charge in [0.1, 0.15) is 0 Å². The predicted octanol–water partition coefficient (Wildman–Crippen LogP) is 4.04. The highest BCUT2D eigenvalue weighted by atomic mass is 15.2. The van der Waals surface area contributed by atoms with Crippen molar-refractivity contribution < 1.29 is 0 Å². The average Bonchev–Trinajstić information content (AvgIpc) is 2.31. The topological polar surface area (TPSA) is 29.3 Å². The lowest BCUT2D eigenvalue weighted by Crippen LogP contribution is -2.48. The lowest BCUT2D eigenvalue weighted by Gasteiger charge is -2.40. The number of hydrogen-bond donors (Lipinski definition) is 1. The Morgan fingerprint density at radius 2 is 1.61 bits per heavy atom. The Morgan fingerprint density at radius 1 is 1.06 bits per heavy atom. The van der Waals surface area contributed by atoms with Gasteiger partial charge in [-0.25, -0.2) is 0 Å². The molecule has 0 heterocycles. The molecule has 110 valence electrons. The third-order valence-electron chi connectivity index (χ3n) is 4.35. The van der Waals surface area contributed by atoms with E-state index in [1.54, 1.807) is 0 Å². The van der Waals surface area contributed by atoms with Gasteiger partial charge in [-0.1, -0.05) is 59.8 Å². The molecule has 0 aliphatic rings. The zero-order valence-electron chi connectivity index (χ0n) is 13.6. The Morgan fingerprint density at radius 3 is 2.06 bits per heavy atom. The first kappa shape index (κ1) is 17.9. The molecule has 0 aromatic rings. The smallest absolute Gasteiger partial charge is 0.0218 e. The second-order valence-electron chi connectivity index (χ2n) is 6.80. The van der Waals surface area contributed by atoms with Crippen LogP contribution in [0.3, 0.4) is 0 Å². The molecule has 0 bridgehead atoms. The number of rotatable bonds is 9. The Kier molecular flexibility index (Phi) is 8.89. The SMILES string of the molecule is CCCCCCCC(CN)N(C)C(C)C(C)(C)C. The number of likely N-dealkylation sites (N-methyl/N-ethyl adjacent to an activating group) is 1. The van der Waals surface area contributed by atoms with Crippen LogP contribution in [-0.4, -0.2) is 30.6 Å². The maximum Gasteiger partial charge on any atom is 0.0218 e. The van der Waals surface area contributed by atoms with Gasteiger partial charge in [0.05, 0.1) is 0 Å². The third-order valence-corrected chi connectivity index (χ3v) is 4.35. The summed E-state index contributed by atoms with van der Waals surface area (Å²) in [6.45, 7) is 12.3. The minimum absolute atomic E-state index is 0.324. The van der Waals surface area contributed by atoms with Crippen LogP contribution in [0.2, 0.25) is 0 Å². The maximum atomic E-state index is 5.95. The summed E-state index contributed by atoms with van der Waals surface area (Å²) in [5.74, 6) is 0. The van der Waals surface area contributed by atoms with Crippen molar-refractivity contribution in [3.05, 3.63) is 0 Å². The van der Waals surface area contributed by atoms with Gasteiger partial charge in [-0.05, 0) is 25.8 Å². The molecule has 0 fully saturated rings. The first-order valence-electron chi connectivity index (χ1n) is 7.76. The highest BCUT2D eigenvalue weighted by Gasteiger charge is 2.27. The number of unbranched alkanes of at least 4 members (excludes halogenated alkanes) is 4. The molecule has 2 unspecified atom stereocenters. The summed E-state index contributed by atoms with van der Waals surface area (Å²) >= 11 is 0. The summed E-state index contributed by atoms with van der Waals surface area (Å²) in [7, 11) is 2.24. The van der Waals surface area contributed by atoms with Crippen molar-refractivity contribution in [1.82, 2.24) is 4.90 Å². The lowest BCUT2D eigenvalue weighted by atomic mass is 9.86. The Bertz CT molecular complexity index is 196. The van der Waals surface area contributed by atoms with Crippen LogP contribution in [0, 0.1) is 5.41 Å². The molecule has 0 aromatic heterocycles. The molecule has 0 radical (unpaired) electrons. The minimum atomic E-state index is 0.324. The zero-order valence-corrected chi connectivity index (χ0v) is 13.6. The molecular formula is C16H36N2. The second kappa shape index (κ2) is 8.92. The molecule has 2 heteroatoms. The first-order chi connectivity index (χ1) is 8.34. The van der Waals surface area contributed by atoms with Gasteiger partial charge in [0.25, 0.3) is 0 Å². The second-order valence-corrected chi connectivity index (χ2v) is 6.80. The van der Waals surface area contributed by atoms with Gasteiger partial charge in [0, 0.05) is 18.6 Å². The average molecular weight is 256 g/mol. The van der Waals surface area contributed by atoms with Crippen molar-refractivity contribution in [3.8, 4) is 0 Å². The zero-order chi connectivity index (χ0) is 14.2. The fraction of sp³-hybridized carbons (Fsp3) is 1.00. The highest BCUT2D eigenvalue weighted by Crippen LogP contribution is 2.25. The molecule has 0 rings (SSSR count). The molecule has 2 atom stereocenters. The van der Waals surface area contributed by atoms with Gasteiger partial charge in [-0.2, -0.15) is 0 Å². The van der Waals surface area contributed by atoms with E-state index >= 15 is 0 Å². The van der Waals surface area contributed by atoms with Crippen LogP contribution in [0.4, 0.5) is 0 Å². The van der Waals surface area contributed by atoms with Gasteiger partial charge >= 0.3 is 0 Å².